The second-order valence-corrected chi connectivity index (χ2v) is 8.25. The predicted molar refractivity (Wildman–Crippen MR) is 120 cm³/mol. The highest BCUT2D eigenvalue weighted by Crippen LogP contribution is 2.26. The smallest absolute Gasteiger partial charge is 0.237 e. The van der Waals surface area contributed by atoms with Crippen molar-refractivity contribution in [1.29, 1.82) is 0 Å². The van der Waals surface area contributed by atoms with Crippen molar-refractivity contribution in [3.8, 4) is 11.4 Å². The third-order valence-corrected chi connectivity index (χ3v) is 5.54. The molecule has 0 N–H and O–H groups in total. The molecule has 1 aromatic heterocycles. The number of hydrogen-bond acceptors (Lipinski definition) is 4. The van der Waals surface area contributed by atoms with Crippen molar-refractivity contribution in [2.45, 2.75) is 51.9 Å². The van der Waals surface area contributed by atoms with Crippen molar-refractivity contribution < 1.29 is 4.79 Å². The number of aryl methyl sites for hydroxylation is 1. The minimum absolute atomic E-state index is 0.0688. The van der Waals surface area contributed by atoms with Gasteiger partial charge in [0.25, 0.3) is 0 Å². The molecule has 29 heavy (non-hydrogen) atoms. The van der Waals surface area contributed by atoms with Crippen molar-refractivity contribution in [1.82, 2.24) is 14.8 Å². The van der Waals surface area contributed by atoms with Crippen LogP contribution in [0.15, 0.2) is 59.8 Å². The number of hydrogen-bond donors (Lipinski definition) is 0. The summed E-state index contributed by atoms with van der Waals surface area (Å²) in [6.45, 7) is 9.09. The van der Waals surface area contributed by atoms with Gasteiger partial charge in [0.05, 0.1) is 5.75 Å². The molecule has 0 saturated heterocycles. The van der Waals surface area contributed by atoms with Gasteiger partial charge in [-0.2, -0.15) is 0 Å². The van der Waals surface area contributed by atoms with Crippen molar-refractivity contribution in [3.05, 3.63) is 60.2 Å². The summed E-state index contributed by atoms with van der Waals surface area (Å²) in [6.07, 6.45) is 0.973. The Morgan fingerprint density at radius 2 is 1.86 bits per heavy atom. The average molecular weight is 409 g/mol. The molecule has 3 aromatic rings. The fourth-order valence-electron chi connectivity index (χ4n) is 3.33. The molecule has 0 radical (unpaired) electrons. The molecule has 1 amide bonds. The van der Waals surface area contributed by atoms with E-state index in [9.17, 15) is 4.79 Å². The van der Waals surface area contributed by atoms with Gasteiger partial charge in [-0.3, -0.25) is 4.79 Å². The Kier molecular flexibility index (Phi) is 7.09. The molecule has 2 aromatic carbocycles. The van der Waals surface area contributed by atoms with E-state index in [4.69, 9.17) is 0 Å². The van der Waals surface area contributed by atoms with Gasteiger partial charge in [0.2, 0.25) is 5.91 Å². The van der Waals surface area contributed by atoms with Crippen molar-refractivity contribution in [2.75, 3.05) is 10.7 Å². The monoisotopic (exact) mass is 408 g/mol. The van der Waals surface area contributed by atoms with Crippen LogP contribution in [-0.2, 0) is 11.3 Å². The minimum Gasteiger partial charge on any atom is -0.309 e. The maximum absolute atomic E-state index is 13.0. The predicted octanol–water partition coefficient (Wildman–Crippen LogP) is 5.20. The van der Waals surface area contributed by atoms with Crippen LogP contribution < -0.4 is 4.90 Å². The molecule has 1 heterocycles. The Balaban J connectivity index is 1.80. The number of carbonyl (C=O) groups is 1. The Labute approximate surface area is 177 Å². The highest BCUT2D eigenvalue weighted by Gasteiger charge is 2.21. The Morgan fingerprint density at radius 3 is 2.52 bits per heavy atom. The summed E-state index contributed by atoms with van der Waals surface area (Å²) in [5.74, 6) is 1.25. The molecule has 0 unspecified atom stereocenters. The zero-order valence-electron chi connectivity index (χ0n) is 17.5. The molecule has 0 aliphatic rings. The topological polar surface area (TPSA) is 51.0 Å². The van der Waals surface area contributed by atoms with Gasteiger partial charge in [0, 0.05) is 23.8 Å². The summed E-state index contributed by atoms with van der Waals surface area (Å²) in [5.41, 5.74) is 3.16. The van der Waals surface area contributed by atoms with Crippen LogP contribution in [0.4, 0.5) is 5.69 Å². The largest absolute Gasteiger partial charge is 0.309 e. The van der Waals surface area contributed by atoms with Crippen molar-refractivity contribution in [3.63, 3.8) is 0 Å². The molecule has 3 rings (SSSR count). The third kappa shape index (κ3) is 5.07. The van der Waals surface area contributed by atoms with Crippen LogP contribution in [0.3, 0.4) is 0 Å². The molecular weight excluding hydrogens is 380 g/mol. The summed E-state index contributed by atoms with van der Waals surface area (Å²) >= 11 is 1.45. The highest BCUT2D eigenvalue weighted by atomic mass is 32.2. The van der Waals surface area contributed by atoms with E-state index in [2.05, 4.69) is 46.8 Å². The molecule has 0 aliphatic heterocycles. The van der Waals surface area contributed by atoms with Gasteiger partial charge in [-0.05, 0) is 45.4 Å². The van der Waals surface area contributed by atoms with Crippen LogP contribution in [0.1, 0.15) is 32.8 Å². The standard InChI is InChI=1S/C23H28N4OS/c1-5-14-26-22(19-11-9-10-18(4)15-19)24-25-23(26)29-16-21(28)27(17(2)3)20-12-7-6-8-13-20/h6-13,15,17H,5,14,16H2,1-4H3. The number of amides is 1. The van der Waals surface area contributed by atoms with Gasteiger partial charge < -0.3 is 9.47 Å². The number of thioether (sulfide) groups is 1. The number of anilines is 1. The average Bonchev–Trinajstić information content (AvgIpc) is 3.10. The molecule has 6 heteroatoms. The fourth-order valence-corrected chi connectivity index (χ4v) is 4.16. The molecule has 0 aliphatic carbocycles. The first kappa shape index (κ1) is 21.1. The SMILES string of the molecule is CCCn1c(SCC(=O)N(c2ccccc2)C(C)C)nnc1-c1cccc(C)c1. The summed E-state index contributed by atoms with van der Waals surface area (Å²) in [4.78, 5) is 14.8. The van der Waals surface area contributed by atoms with Gasteiger partial charge in [0.15, 0.2) is 11.0 Å². The van der Waals surface area contributed by atoms with Crippen LogP contribution in [0.5, 0.6) is 0 Å². The number of nitrogens with zero attached hydrogens (tertiary/aromatic N) is 4. The highest BCUT2D eigenvalue weighted by molar-refractivity contribution is 7.99. The zero-order valence-corrected chi connectivity index (χ0v) is 18.3. The molecule has 152 valence electrons. The van der Waals surface area contributed by atoms with Crippen molar-refractivity contribution >= 4 is 23.4 Å². The molecule has 0 fully saturated rings. The summed E-state index contributed by atoms with van der Waals surface area (Å²) in [6, 6.07) is 18.2. The van der Waals surface area contributed by atoms with Gasteiger partial charge >= 0.3 is 0 Å². The summed E-state index contributed by atoms with van der Waals surface area (Å²) in [7, 11) is 0. The van der Waals surface area contributed by atoms with Gasteiger partial charge in [-0.15, -0.1) is 10.2 Å². The first-order chi connectivity index (χ1) is 14.0. The Morgan fingerprint density at radius 1 is 1.10 bits per heavy atom. The number of rotatable bonds is 8. The van der Waals surface area contributed by atoms with E-state index in [1.54, 1.807) is 0 Å². The second kappa shape index (κ2) is 9.74. The summed E-state index contributed by atoms with van der Waals surface area (Å²) < 4.78 is 2.12. The fraction of sp³-hybridized carbons (Fsp3) is 0.348. The number of carbonyl (C=O) groups excluding carboxylic acids is 1. The third-order valence-electron chi connectivity index (χ3n) is 4.58. The summed E-state index contributed by atoms with van der Waals surface area (Å²) in [5, 5.41) is 9.61. The second-order valence-electron chi connectivity index (χ2n) is 7.31. The van der Waals surface area contributed by atoms with E-state index in [-0.39, 0.29) is 11.9 Å². The minimum atomic E-state index is 0.0688. The van der Waals surface area contributed by atoms with Crippen LogP contribution in [0, 0.1) is 6.92 Å². The Hall–Kier alpha value is -2.60. The lowest BCUT2D eigenvalue weighted by Crippen LogP contribution is -2.38. The number of para-hydroxylation sites is 1. The number of aromatic nitrogens is 3. The molecule has 0 spiro atoms. The van der Waals surface area contributed by atoms with Gasteiger partial charge in [-0.25, -0.2) is 0 Å². The molecule has 0 saturated carbocycles. The van der Waals surface area contributed by atoms with E-state index in [0.29, 0.717) is 5.75 Å². The lowest BCUT2D eigenvalue weighted by atomic mass is 10.1. The van der Waals surface area contributed by atoms with Crippen LogP contribution in [-0.4, -0.2) is 32.5 Å². The van der Waals surface area contributed by atoms with Crippen LogP contribution >= 0.6 is 11.8 Å². The maximum atomic E-state index is 13.0. The van der Waals surface area contributed by atoms with Crippen LogP contribution in [0.25, 0.3) is 11.4 Å². The quantitative estimate of drug-likeness (QED) is 0.481. The van der Waals surface area contributed by atoms with Crippen molar-refractivity contribution in [2.24, 2.45) is 0 Å². The molecule has 0 atom stereocenters. The van der Waals surface area contributed by atoms with E-state index in [1.807, 2.05) is 55.1 Å². The molecule has 5 nitrogen and oxygen atoms in total. The lowest BCUT2D eigenvalue weighted by Gasteiger charge is -2.26. The van der Waals surface area contributed by atoms with E-state index in [0.717, 1.165) is 35.2 Å². The van der Waals surface area contributed by atoms with E-state index >= 15 is 0 Å². The zero-order chi connectivity index (χ0) is 20.8. The number of benzene rings is 2. The van der Waals surface area contributed by atoms with Crippen LogP contribution in [0.2, 0.25) is 0 Å². The first-order valence-corrected chi connectivity index (χ1v) is 11.0. The first-order valence-electron chi connectivity index (χ1n) is 10.0. The Bertz CT molecular complexity index is 953. The normalized spacial score (nSPS) is 11.1. The molecule has 0 bridgehead atoms. The van der Waals surface area contributed by atoms with Gasteiger partial charge in [0.1, 0.15) is 0 Å². The van der Waals surface area contributed by atoms with E-state index in [1.165, 1.54) is 17.3 Å². The lowest BCUT2D eigenvalue weighted by molar-refractivity contribution is -0.116. The van der Waals surface area contributed by atoms with E-state index < -0.39 is 0 Å². The van der Waals surface area contributed by atoms with Gasteiger partial charge in [-0.1, -0.05) is 60.6 Å². The maximum Gasteiger partial charge on any atom is 0.237 e. The molecular formula is C23H28N4OS.